The molecule has 0 bridgehead atoms. The summed E-state index contributed by atoms with van der Waals surface area (Å²) in [5.74, 6) is 0. The van der Waals surface area contributed by atoms with Crippen LogP contribution in [-0.4, -0.2) is 19.7 Å². The highest BCUT2D eigenvalue weighted by Gasteiger charge is 2.13. The molecule has 0 aliphatic rings. The molecule has 3 heterocycles. The summed E-state index contributed by atoms with van der Waals surface area (Å²) in [5, 5.41) is 5.76. The SMILES string of the molecule is CCCC(CCC)n1cc(-c2ccnc3[nH]ccc23)cn1. The van der Waals surface area contributed by atoms with Gasteiger partial charge in [-0.25, -0.2) is 4.98 Å². The van der Waals surface area contributed by atoms with Crippen LogP contribution in [-0.2, 0) is 0 Å². The molecule has 4 nitrogen and oxygen atoms in total. The van der Waals surface area contributed by atoms with E-state index in [0.717, 1.165) is 11.0 Å². The van der Waals surface area contributed by atoms with Crippen molar-refractivity contribution in [1.82, 2.24) is 19.7 Å². The van der Waals surface area contributed by atoms with E-state index in [0.29, 0.717) is 6.04 Å². The smallest absolute Gasteiger partial charge is 0.137 e. The van der Waals surface area contributed by atoms with Gasteiger partial charge in [-0.3, -0.25) is 4.68 Å². The molecule has 0 saturated heterocycles. The van der Waals surface area contributed by atoms with Gasteiger partial charge in [0.1, 0.15) is 5.65 Å². The first-order chi connectivity index (χ1) is 10.3. The lowest BCUT2D eigenvalue weighted by atomic mass is 10.1. The molecule has 3 aromatic heterocycles. The van der Waals surface area contributed by atoms with Gasteiger partial charge in [0.15, 0.2) is 0 Å². The fraction of sp³-hybridized carbons (Fsp3) is 0.412. The van der Waals surface area contributed by atoms with E-state index in [2.05, 4.69) is 51.9 Å². The fourth-order valence-electron chi connectivity index (χ4n) is 2.96. The molecule has 0 aliphatic heterocycles. The van der Waals surface area contributed by atoms with Crippen LogP contribution in [0.3, 0.4) is 0 Å². The minimum Gasteiger partial charge on any atom is -0.346 e. The van der Waals surface area contributed by atoms with Gasteiger partial charge in [-0.2, -0.15) is 5.10 Å². The molecule has 0 amide bonds. The van der Waals surface area contributed by atoms with Crippen molar-refractivity contribution in [1.29, 1.82) is 0 Å². The number of hydrogen-bond acceptors (Lipinski definition) is 2. The number of aromatic amines is 1. The van der Waals surface area contributed by atoms with Gasteiger partial charge in [0.05, 0.1) is 12.2 Å². The first kappa shape index (κ1) is 13.9. The van der Waals surface area contributed by atoms with Crippen LogP contribution in [0.25, 0.3) is 22.2 Å². The Morgan fingerprint density at radius 2 is 2.00 bits per heavy atom. The van der Waals surface area contributed by atoms with Crippen LogP contribution in [0.1, 0.15) is 45.6 Å². The summed E-state index contributed by atoms with van der Waals surface area (Å²) >= 11 is 0. The summed E-state index contributed by atoms with van der Waals surface area (Å²) in [6, 6.07) is 4.65. The molecular weight excluding hydrogens is 260 g/mol. The lowest BCUT2D eigenvalue weighted by Crippen LogP contribution is -2.08. The summed E-state index contributed by atoms with van der Waals surface area (Å²) < 4.78 is 2.14. The summed E-state index contributed by atoms with van der Waals surface area (Å²) in [5.41, 5.74) is 3.29. The Labute approximate surface area is 125 Å². The van der Waals surface area contributed by atoms with Gasteiger partial charge in [0.25, 0.3) is 0 Å². The number of fused-ring (bicyclic) bond motifs is 1. The van der Waals surface area contributed by atoms with E-state index in [1.165, 1.54) is 36.8 Å². The van der Waals surface area contributed by atoms with Crippen molar-refractivity contribution in [2.75, 3.05) is 0 Å². The van der Waals surface area contributed by atoms with Crippen LogP contribution in [0, 0.1) is 0 Å². The molecule has 0 fully saturated rings. The van der Waals surface area contributed by atoms with Gasteiger partial charge in [-0.15, -0.1) is 0 Å². The fourth-order valence-corrected chi connectivity index (χ4v) is 2.96. The normalized spacial score (nSPS) is 11.6. The third-order valence-corrected chi connectivity index (χ3v) is 3.99. The molecule has 0 spiro atoms. The van der Waals surface area contributed by atoms with E-state index in [-0.39, 0.29) is 0 Å². The highest BCUT2D eigenvalue weighted by Crippen LogP contribution is 2.28. The quantitative estimate of drug-likeness (QED) is 0.720. The topological polar surface area (TPSA) is 46.5 Å². The van der Waals surface area contributed by atoms with Gasteiger partial charge in [-0.05, 0) is 30.5 Å². The standard InChI is InChI=1S/C17H22N4/c1-3-5-14(6-4-2)21-12-13(11-20-21)15-7-9-18-17-16(15)8-10-19-17/h7-12,14H,3-6H2,1-2H3,(H,18,19). The van der Waals surface area contributed by atoms with Gasteiger partial charge >= 0.3 is 0 Å². The molecule has 0 unspecified atom stereocenters. The maximum absolute atomic E-state index is 4.61. The average Bonchev–Trinajstić information content (AvgIpc) is 3.15. The molecule has 0 aliphatic carbocycles. The van der Waals surface area contributed by atoms with E-state index in [9.17, 15) is 0 Å². The minimum absolute atomic E-state index is 0.511. The maximum atomic E-state index is 4.61. The third-order valence-electron chi connectivity index (χ3n) is 3.99. The van der Waals surface area contributed by atoms with Crippen molar-refractivity contribution in [3.8, 4) is 11.1 Å². The maximum Gasteiger partial charge on any atom is 0.137 e. The monoisotopic (exact) mass is 282 g/mol. The molecule has 1 N–H and O–H groups in total. The van der Waals surface area contributed by atoms with Gasteiger partial charge in [0, 0.05) is 29.5 Å². The van der Waals surface area contributed by atoms with E-state index in [1.54, 1.807) is 0 Å². The summed E-state index contributed by atoms with van der Waals surface area (Å²) in [7, 11) is 0. The van der Waals surface area contributed by atoms with Crippen molar-refractivity contribution in [3.63, 3.8) is 0 Å². The van der Waals surface area contributed by atoms with Crippen LogP contribution in [0.4, 0.5) is 0 Å². The third kappa shape index (κ3) is 2.71. The molecule has 21 heavy (non-hydrogen) atoms. The number of H-pyrrole nitrogens is 1. The first-order valence-corrected chi connectivity index (χ1v) is 7.80. The highest BCUT2D eigenvalue weighted by molar-refractivity contribution is 5.92. The van der Waals surface area contributed by atoms with Crippen LogP contribution < -0.4 is 0 Å². The van der Waals surface area contributed by atoms with Crippen molar-refractivity contribution in [2.45, 2.75) is 45.6 Å². The van der Waals surface area contributed by atoms with Gasteiger partial charge < -0.3 is 4.98 Å². The Kier molecular flexibility index (Phi) is 4.04. The number of pyridine rings is 1. The number of nitrogens with zero attached hydrogens (tertiary/aromatic N) is 3. The molecule has 0 radical (unpaired) electrons. The van der Waals surface area contributed by atoms with Gasteiger partial charge in [-0.1, -0.05) is 26.7 Å². The minimum atomic E-state index is 0.511. The zero-order valence-electron chi connectivity index (χ0n) is 12.7. The lowest BCUT2D eigenvalue weighted by molar-refractivity contribution is 0.391. The van der Waals surface area contributed by atoms with Crippen LogP contribution in [0.2, 0.25) is 0 Å². The molecule has 0 aromatic carbocycles. The molecule has 4 heteroatoms. The van der Waals surface area contributed by atoms with E-state index in [4.69, 9.17) is 0 Å². The molecule has 0 saturated carbocycles. The first-order valence-electron chi connectivity index (χ1n) is 7.80. The van der Waals surface area contributed by atoms with Crippen molar-refractivity contribution >= 4 is 11.0 Å². The predicted octanol–water partition coefficient (Wildman–Crippen LogP) is 4.57. The van der Waals surface area contributed by atoms with E-state index in [1.807, 2.05) is 18.6 Å². The highest BCUT2D eigenvalue weighted by atomic mass is 15.3. The number of hydrogen-bond donors (Lipinski definition) is 1. The Morgan fingerprint density at radius 1 is 1.19 bits per heavy atom. The molecule has 3 aromatic rings. The Morgan fingerprint density at radius 3 is 2.76 bits per heavy atom. The number of nitrogens with one attached hydrogen (secondary N) is 1. The zero-order chi connectivity index (χ0) is 14.7. The molecular formula is C17H22N4. The molecule has 110 valence electrons. The van der Waals surface area contributed by atoms with E-state index >= 15 is 0 Å². The Balaban J connectivity index is 1.95. The second-order valence-corrected chi connectivity index (χ2v) is 5.54. The summed E-state index contributed by atoms with van der Waals surface area (Å²) in [4.78, 5) is 7.51. The van der Waals surface area contributed by atoms with Crippen molar-refractivity contribution in [2.24, 2.45) is 0 Å². The van der Waals surface area contributed by atoms with Crippen molar-refractivity contribution < 1.29 is 0 Å². The second-order valence-electron chi connectivity index (χ2n) is 5.54. The average molecular weight is 282 g/mol. The zero-order valence-corrected chi connectivity index (χ0v) is 12.7. The lowest BCUT2D eigenvalue weighted by Gasteiger charge is -2.15. The molecule has 3 rings (SSSR count). The summed E-state index contributed by atoms with van der Waals surface area (Å²) in [6.07, 6.45) is 12.7. The largest absolute Gasteiger partial charge is 0.346 e. The van der Waals surface area contributed by atoms with Crippen molar-refractivity contribution in [3.05, 3.63) is 36.9 Å². The Hall–Kier alpha value is -2.10. The number of aromatic nitrogens is 4. The van der Waals surface area contributed by atoms with Crippen LogP contribution >= 0.6 is 0 Å². The second kappa shape index (κ2) is 6.12. The molecule has 0 atom stereocenters. The van der Waals surface area contributed by atoms with E-state index < -0.39 is 0 Å². The summed E-state index contributed by atoms with van der Waals surface area (Å²) in [6.45, 7) is 4.47. The number of rotatable bonds is 6. The van der Waals surface area contributed by atoms with Crippen LogP contribution in [0.5, 0.6) is 0 Å². The van der Waals surface area contributed by atoms with Gasteiger partial charge in [0.2, 0.25) is 0 Å². The predicted molar refractivity (Wildman–Crippen MR) is 86.2 cm³/mol. The Bertz CT molecular complexity index is 704. The van der Waals surface area contributed by atoms with Crippen LogP contribution in [0.15, 0.2) is 36.9 Å².